The maximum atomic E-state index is 6.68. The molecule has 0 bridgehead atoms. The molecule has 0 amide bonds. The van der Waals surface area contributed by atoms with Crippen LogP contribution in [-0.4, -0.2) is 19.1 Å². The van der Waals surface area contributed by atoms with Gasteiger partial charge in [-0.2, -0.15) is 0 Å². The quantitative estimate of drug-likeness (QED) is 0.108. The number of rotatable bonds is 9. The van der Waals surface area contributed by atoms with Gasteiger partial charge < -0.3 is 4.74 Å². The number of benzene rings is 6. The minimum absolute atomic E-state index is 0.0178. The van der Waals surface area contributed by atoms with Crippen LogP contribution in [0.4, 0.5) is 0 Å². The summed E-state index contributed by atoms with van der Waals surface area (Å²) in [4.78, 5) is 9.58. The van der Waals surface area contributed by atoms with Crippen molar-refractivity contribution in [3.63, 3.8) is 0 Å². The van der Waals surface area contributed by atoms with Crippen molar-refractivity contribution in [3.8, 4) is 28.7 Å². The van der Waals surface area contributed by atoms with Crippen LogP contribution in [0.15, 0.2) is 182 Å². The van der Waals surface area contributed by atoms with Crippen molar-refractivity contribution in [2.45, 2.75) is 64.7 Å². The monoisotopic (exact) mass is 821 g/mol. The molecule has 0 N–H and O–H groups in total. The summed E-state index contributed by atoms with van der Waals surface area (Å²) in [5.41, 5.74) is 11.7. The molecule has 0 radical (unpaired) electrons. The number of pyridine rings is 2. The minimum Gasteiger partial charge on any atom is -0.456 e. The largest absolute Gasteiger partial charge is 0.456 e. The third-order valence-corrected chi connectivity index (χ3v) is 12.9. The van der Waals surface area contributed by atoms with E-state index in [4.69, 9.17) is 14.7 Å². The molecule has 0 atom stereocenters. The second-order valence-electron chi connectivity index (χ2n) is 18.7. The Morgan fingerprint density at radius 3 is 1.81 bits per heavy atom. The van der Waals surface area contributed by atoms with Gasteiger partial charge in [0.2, 0.25) is 0 Å². The van der Waals surface area contributed by atoms with Crippen molar-refractivity contribution in [1.82, 2.24) is 19.1 Å². The van der Waals surface area contributed by atoms with Crippen molar-refractivity contribution in [3.05, 3.63) is 217 Å². The Balaban J connectivity index is 1.07. The summed E-state index contributed by atoms with van der Waals surface area (Å²) in [6.07, 6.45) is 9.30. The van der Waals surface area contributed by atoms with E-state index in [2.05, 4.69) is 220 Å². The average molecular weight is 822 g/mol. The zero-order valence-electron chi connectivity index (χ0n) is 37.0. The summed E-state index contributed by atoms with van der Waals surface area (Å²) in [6.45, 7) is 15.9. The third-order valence-electron chi connectivity index (χ3n) is 12.9. The van der Waals surface area contributed by atoms with Crippen LogP contribution in [0.3, 0.4) is 0 Å². The Morgan fingerprint density at radius 2 is 1.13 bits per heavy atom. The highest BCUT2D eigenvalue weighted by Gasteiger charge is 2.30. The molecule has 0 fully saturated rings. The fraction of sp³-hybridized carbons (Fsp3) is 0.175. The van der Waals surface area contributed by atoms with Crippen LogP contribution in [0.25, 0.3) is 50.0 Å². The zero-order valence-corrected chi connectivity index (χ0v) is 37.0. The Hall–Kier alpha value is -7.31. The van der Waals surface area contributed by atoms with Crippen molar-refractivity contribution in [2.75, 3.05) is 0 Å². The van der Waals surface area contributed by atoms with Crippen LogP contribution >= 0.6 is 0 Å². The normalized spacial score (nSPS) is 12.4. The first-order valence-electron chi connectivity index (χ1n) is 21.7. The number of hydrogen-bond donors (Lipinski definition) is 0. The molecular weight excluding hydrogens is 771 g/mol. The lowest BCUT2D eigenvalue weighted by Gasteiger charge is -2.32. The van der Waals surface area contributed by atoms with Crippen LogP contribution in [-0.2, 0) is 16.2 Å². The number of imidazole rings is 1. The van der Waals surface area contributed by atoms with Gasteiger partial charge >= 0.3 is 0 Å². The van der Waals surface area contributed by atoms with E-state index in [1.165, 1.54) is 33.2 Å². The van der Waals surface area contributed by atoms with Crippen molar-refractivity contribution in [2.24, 2.45) is 0 Å². The second kappa shape index (κ2) is 15.2. The first-order chi connectivity index (χ1) is 30.4. The molecule has 6 nitrogen and oxygen atoms in total. The van der Waals surface area contributed by atoms with Gasteiger partial charge in [-0.05, 0) is 81.8 Å². The fourth-order valence-corrected chi connectivity index (χ4v) is 8.94. The van der Waals surface area contributed by atoms with Gasteiger partial charge in [0.05, 0.1) is 39.6 Å². The second-order valence-corrected chi connectivity index (χ2v) is 18.7. The third kappa shape index (κ3) is 7.15. The van der Waals surface area contributed by atoms with Crippen molar-refractivity contribution < 1.29 is 9.30 Å². The van der Waals surface area contributed by atoms with E-state index in [1.54, 1.807) is 6.20 Å². The average Bonchev–Trinajstić information content (AvgIpc) is 3.85. The summed E-state index contributed by atoms with van der Waals surface area (Å²) in [5.74, 6) is 2.21. The number of aromatic nitrogens is 5. The lowest BCUT2D eigenvalue weighted by atomic mass is 9.73. The van der Waals surface area contributed by atoms with Gasteiger partial charge in [-0.1, -0.05) is 158 Å². The molecule has 0 aliphatic heterocycles. The molecule has 0 saturated heterocycles. The van der Waals surface area contributed by atoms with E-state index in [-0.39, 0.29) is 16.2 Å². The van der Waals surface area contributed by atoms with E-state index in [0.717, 1.165) is 44.6 Å². The predicted octanol–water partition coefficient (Wildman–Crippen LogP) is 13.3. The maximum absolute atomic E-state index is 6.68. The lowest BCUT2D eigenvalue weighted by molar-refractivity contribution is -0.572. The van der Waals surface area contributed by atoms with Crippen LogP contribution in [0.5, 0.6) is 11.5 Å². The molecule has 4 heterocycles. The van der Waals surface area contributed by atoms with E-state index >= 15 is 0 Å². The molecule has 0 aliphatic carbocycles. The molecule has 10 aromatic rings. The van der Waals surface area contributed by atoms with E-state index in [9.17, 15) is 0 Å². The SMILES string of the molecule is CC(C)(C)c1ccnc(-n2c3ccccc3c3ccc(Oc4cncc(-n5[c-][n+](-c6cc(C(C)(C)c7ccccc7)cc(C(C)(C)c7ccccc7)c6)c6ccccc65)c4)cc32)c1. The van der Waals surface area contributed by atoms with Crippen LogP contribution < -0.4 is 9.30 Å². The summed E-state index contributed by atoms with van der Waals surface area (Å²) >= 11 is 0. The highest BCUT2D eigenvalue weighted by molar-refractivity contribution is 6.09. The Morgan fingerprint density at radius 1 is 0.508 bits per heavy atom. The highest BCUT2D eigenvalue weighted by atomic mass is 16.5. The molecule has 0 aliphatic rings. The Labute approximate surface area is 369 Å². The molecule has 310 valence electrons. The smallest absolute Gasteiger partial charge is 0.269 e. The van der Waals surface area contributed by atoms with Gasteiger partial charge in [-0.3, -0.25) is 18.7 Å². The van der Waals surface area contributed by atoms with Crippen LogP contribution in [0.1, 0.15) is 76.3 Å². The van der Waals surface area contributed by atoms with Crippen LogP contribution in [0.2, 0.25) is 0 Å². The zero-order chi connectivity index (χ0) is 43.5. The Bertz CT molecular complexity index is 3230. The molecule has 6 heteroatoms. The first-order valence-corrected chi connectivity index (χ1v) is 21.7. The van der Waals surface area contributed by atoms with Gasteiger partial charge in [-0.25, -0.2) is 4.98 Å². The predicted molar refractivity (Wildman–Crippen MR) is 256 cm³/mol. The summed E-state index contributed by atoms with van der Waals surface area (Å²) in [6, 6.07) is 58.2. The van der Waals surface area contributed by atoms with E-state index in [1.807, 2.05) is 24.5 Å². The number of para-hydroxylation sites is 3. The molecule has 63 heavy (non-hydrogen) atoms. The van der Waals surface area contributed by atoms with Gasteiger partial charge in [0.15, 0.2) is 0 Å². The van der Waals surface area contributed by atoms with Gasteiger partial charge in [0, 0.05) is 40.1 Å². The minimum atomic E-state index is -0.266. The van der Waals surface area contributed by atoms with E-state index in [0.29, 0.717) is 11.5 Å². The highest BCUT2D eigenvalue weighted by Crippen LogP contribution is 2.39. The molecule has 0 saturated carbocycles. The van der Waals surface area contributed by atoms with E-state index < -0.39 is 0 Å². The number of fused-ring (bicyclic) bond motifs is 4. The van der Waals surface area contributed by atoms with Crippen LogP contribution in [0, 0.1) is 6.33 Å². The number of ether oxygens (including phenoxy) is 1. The lowest BCUT2D eigenvalue weighted by Crippen LogP contribution is -2.32. The standard InChI is InChI=1S/C57H51N5O/c1-55(2,3)41-28-29-59-54(33-41)62-50-23-15-14-22-48(50)49-27-26-46(35-53(49)62)63-47-34-45(36-58-37-47)61-38-60(51-24-16-17-25-52(51)61)44-31-42(56(4,5)39-18-10-8-11-19-39)30-43(32-44)57(6,7)40-20-12-9-13-21-40/h8-37H,1-7H3. The summed E-state index contributed by atoms with van der Waals surface area (Å²) in [5, 5.41) is 2.30. The molecule has 6 aromatic carbocycles. The topological polar surface area (TPSA) is 48.8 Å². The van der Waals surface area contributed by atoms with Gasteiger partial charge in [0.1, 0.15) is 17.3 Å². The molecule has 10 rings (SSSR count). The molecule has 0 unspecified atom stereocenters. The van der Waals surface area contributed by atoms with Gasteiger partial charge in [-0.15, -0.1) is 0 Å². The summed E-state index contributed by atoms with van der Waals surface area (Å²) < 4.78 is 13.2. The van der Waals surface area contributed by atoms with Crippen molar-refractivity contribution >= 4 is 32.8 Å². The maximum Gasteiger partial charge on any atom is 0.269 e. The first kappa shape index (κ1) is 39.8. The number of hydrogen-bond acceptors (Lipinski definition) is 3. The van der Waals surface area contributed by atoms with Crippen molar-refractivity contribution in [1.29, 1.82) is 0 Å². The molecule has 4 aromatic heterocycles. The Kier molecular flexibility index (Phi) is 9.63. The fourth-order valence-electron chi connectivity index (χ4n) is 8.94. The van der Waals surface area contributed by atoms with Gasteiger partial charge in [0.25, 0.3) is 6.33 Å². The summed E-state index contributed by atoms with van der Waals surface area (Å²) in [7, 11) is 0. The molecular formula is C57H51N5O. The molecule has 0 spiro atoms. The number of nitrogens with zero attached hydrogens (tertiary/aromatic N) is 5.